The van der Waals surface area contributed by atoms with Gasteiger partial charge in [0.25, 0.3) is 0 Å². The molecule has 3 rings (SSSR count). The number of hydrogen-bond acceptors (Lipinski definition) is 5. The molecule has 0 bridgehead atoms. The molecule has 1 heterocycles. The average Bonchev–Trinajstić information content (AvgIpc) is 2.47. The Morgan fingerprint density at radius 2 is 1.75 bits per heavy atom. The van der Waals surface area contributed by atoms with Crippen LogP contribution in [0.2, 0.25) is 0 Å². The molecule has 0 atom stereocenters. The van der Waals surface area contributed by atoms with Gasteiger partial charge in [-0.2, -0.15) is 10.2 Å². The molecule has 1 aromatic heterocycles. The van der Waals surface area contributed by atoms with Gasteiger partial charge < -0.3 is 11.1 Å². The Bertz CT molecular complexity index is 820. The van der Waals surface area contributed by atoms with E-state index in [0.717, 1.165) is 10.9 Å². The topological polar surface area (TPSA) is 87.6 Å². The highest BCUT2D eigenvalue weighted by molar-refractivity contribution is 5.92. The molecule has 3 N–H and O–H groups in total. The average molecular weight is 261 g/mol. The van der Waals surface area contributed by atoms with Crippen LogP contribution in [0.5, 0.6) is 0 Å². The normalized spacial score (nSPS) is 10.2. The highest BCUT2D eigenvalue weighted by atomic mass is 15.1. The van der Waals surface area contributed by atoms with Gasteiger partial charge in [-0.25, -0.2) is 4.98 Å². The molecule has 0 aliphatic rings. The molecule has 0 aliphatic heterocycles. The fraction of sp³-hybridized carbons (Fsp3) is 0. The van der Waals surface area contributed by atoms with E-state index in [0.29, 0.717) is 17.1 Å². The number of nitrogen functional groups attached to an aromatic ring is 1. The lowest BCUT2D eigenvalue weighted by Gasteiger charge is -2.10. The van der Waals surface area contributed by atoms with Crippen LogP contribution in [0.15, 0.2) is 48.5 Å². The summed E-state index contributed by atoms with van der Waals surface area (Å²) in [6.07, 6.45) is 0. The Kier molecular flexibility index (Phi) is 2.90. The quantitative estimate of drug-likeness (QED) is 0.740. The number of anilines is 3. The number of nitrogens with one attached hydrogen (secondary N) is 1. The van der Waals surface area contributed by atoms with E-state index in [2.05, 4.69) is 21.4 Å². The van der Waals surface area contributed by atoms with Gasteiger partial charge in [0.05, 0.1) is 16.8 Å². The fourth-order valence-electron chi connectivity index (χ4n) is 2.01. The first-order valence-electron chi connectivity index (χ1n) is 6.06. The van der Waals surface area contributed by atoms with Crippen LogP contribution in [-0.4, -0.2) is 9.97 Å². The van der Waals surface area contributed by atoms with Gasteiger partial charge in [0.2, 0.25) is 5.95 Å². The van der Waals surface area contributed by atoms with Gasteiger partial charge in [-0.3, -0.25) is 0 Å². The van der Waals surface area contributed by atoms with Crippen molar-refractivity contribution in [3.05, 3.63) is 54.1 Å². The first-order valence-corrected chi connectivity index (χ1v) is 6.06. The minimum absolute atomic E-state index is 0.195. The Balaban J connectivity index is 2.14. The van der Waals surface area contributed by atoms with Crippen molar-refractivity contribution in [2.24, 2.45) is 0 Å². The molecule has 0 saturated carbocycles. The van der Waals surface area contributed by atoms with E-state index in [4.69, 9.17) is 11.0 Å². The van der Waals surface area contributed by atoms with E-state index in [1.165, 1.54) is 0 Å². The molecule has 0 spiro atoms. The molecule has 5 nitrogen and oxygen atoms in total. The van der Waals surface area contributed by atoms with E-state index in [1.807, 2.05) is 42.5 Å². The molecule has 2 aromatic carbocycles. The van der Waals surface area contributed by atoms with Crippen molar-refractivity contribution in [3.63, 3.8) is 0 Å². The van der Waals surface area contributed by atoms with Crippen molar-refractivity contribution in [3.8, 4) is 6.07 Å². The number of para-hydroxylation sites is 2. The molecular formula is C15H11N5. The lowest BCUT2D eigenvalue weighted by Crippen LogP contribution is -2.02. The first-order chi connectivity index (χ1) is 9.78. The summed E-state index contributed by atoms with van der Waals surface area (Å²) >= 11 is 0. The number of nitrogens with zero attached hydrogens (tertiary/aromatic N) is 3. The number of benzene rings is 2. The summed E-state index contributed by atoms with van der Waals surface area (Å²) in [5.74, 6) is 0.788. The highest BCUT2D eigenvalue weighted by Crippen LogP contribution is 2.25. The van der Waals surface area contributed by atoms with Crippen molar-refractivity contribution in [1.29, 1.82) is 5.26 Å². The van der Waals surface area contributed by atoms with Crippen molar-refractivity contribution >= 4 is 28.4 Å². The maximum atomic E-state index is 9.12. The number of fused-ring (bicyclic) bond motifs is 1. The van der Waals surface area contributed by atoms with Crippen LogP contribution in [-0.2, 0) is 0 Å². The SMILES string of the molecule is N#Cc1ccccc1Nc1nc(N)nc2ccccc12. The van der Waals surface area contributed by atoms with Crippen LogP contribution in [0.25, 0.3) is 10.9 Å². The summed E-state index contributed by atoms with van der Waals surface area (Å²) in [6.45, 7) is 0. The van der Waals surface area contributed by atoms with Gasteiger partial charge in [0.1, 0.15) is 11.9 Å². The van der Waals surface area contributed by atoms with Crippen LogP contribution in [0, 0.1) is 11.3 Å². The van der Waals surface area contributed by atoms with Crippen molar-refractivity contribution in [2.45, 2.75) is 0 Å². The number of rotatable bonds is 2. The summed E-state index contributed by atoms with van der Waals surface area (Å²) in [5.41, 5.74) is 7.73. The third kappa shape index (κ3) is 2.10. The number of nitrogens with two attached hydrogens (primary N) is 1. The molecule has 96 valence electrons. The summed E-state index contributed by atoms with van der Waals surface area (Å²) in [7, 11) is 0. The van der Waals surface area contributed by atoms with E-state index in [9.17, 15) is 0 Å². The summed E-state index contributed by atoms with van der Waals surface area (Å²) < 4.78 is 0. The largest absolute Gasteiger partial charge is 0.368 e. The molecule has 5 heteroatoms. The predicted molar refractivity (Wildman–Crippen MR) is 78.4 cm³/mol. The molecule has 0 aliphatic carbocycles. The van der Waals surface area contributed by atoms with Gasteiger partial charge in [0.15, 0.2) is 0 Å². The van der Waals surface area contributed by atoms with Gasteiger partial charge in [0, 0.05) is 5.39 Å². The minimum Gasteiger partial charge on any atom is -0.368 e. The van der Waals surface area contributed by atoms with Crippen LogP contribution >= 0.6 is 0 Å². The Labute approximate surface area is 115 Å². The summed E-state index contributed by atoms with van der Waals surface area (Å²) in [5, 5.41) is 13.1. The van der Waals surface area contributed by atoms with Crippen LogP contribution in [0.3, 0.4) is 0 Å². The maximum Gasteiger partial charge on any atom is 0.222 e. The lowest BCUT2D eigenvalue weighted by molar-refractivity contribution is 1.23. The molecule has 0 saturated heterocycles. The summed E-state index contributed by atoms with van der Waals surface area (Å²) in [6, 6.07) is 17.0. The zero-order chi connectivity index (χ0) is 13.9. The Morgan fingerprint density at radius 1 is 1.00 bits per heavy atom. The van der Waals surface area contributed by atoms with Gasteiger partial charge in [-0.05, 0) is 24.3 Å². The van der Waals surface area contributed by atoms with Crippen LogP contribution < -0.4 is 11.1 Å². The zero-order valence-corrected chi connectivity index (χ0v) is 10.5. The predicted octanol–water partition coefficient (Wildman–Crippen LogP) is 2.83. The van der Waals surface area contributed by atoms with Gasteiger partial charge in [-0.15, -0.1) is 0 Å². The molecule has 0 amide bonds. The second-order valence-electron chi connectivity index (χ2n) is 4.23. The van der Waals surface area contributed by atoms with E-state index >= 15 is 0 Å². The Hall–Kier alpha value is -3.13. The number of aromatic nitrogens is 2. The highest BCUT2D eigenvalue weighted by Gasteiger charge is 2.08. The summed E-state index contributed by atoms with van der Waals surface area (Å²) in [4.78, 5) is 8.40. The number of hydrogen-bond donors (Lipinski definition) is 2. The first kappa shape index (κ1) is 11.9. The maximum absolute atomic E-state index is 9.12. The van der Waals surface area contributed by atoms with E-state index < -0.39 is 0 Å². The zero-order valence-electron chi connectivity index (χ0n) is 10.5. The van der Waals surface area contributed by atoms with Gasteiger partial charge in [-0.1, -0.05) is 24.3 Å². The van der Waals surface area contributed by atoms with E-state index in [1.54, 1.807) is 6.07 Å². The van der Waals surface area contributed by atoms with Crippen molar-refractivity contribution in [2.75, 3.05) is 11.1 Å². The molecule has 0 radical (unpaired) electrons. The lowest BCUT2D eigenvalue weighted by atomic mass is 10.2. The number of nitriles is 1. The van der Waals surface area contributed by atoms with Gasteiger partial charge >= 0.3 is 0 Å². The molecule has 3 aromatic rings. The smallest absolute Gasteiger partial charge is 0.222 e. The molecular weight excluding hydrogens is 250 g/mol. The second-order valence-corrected chi connectivity index (χ2v) is 4.23. The minimum atomic E-state index is 0.195. The fourth-order valence-corrected chi connectivity index (χ4v) is 2.01. The van der Waals surface area contributed by atoms with E-state index in [-0.39, 0.29) is 5.95 Å². The van der Waals surface area contributed by atoms with Crippen molar-refractivity contribution < 1.29 is 0 Å². The second kappa shape index (κ2) is 4.86. The monoisotopic (exact) mass is 261 g/mol. The van der Waals surface area contributed by atoms with Crippen molar-refractivity contribution in [1.82, 2.24) is 9.97 Å². The molecule has 20 heavy (non-hydrogen) atoms. The third-order valence-corrected chi connectivity index (χ3v) is 2.92. The van der Waals surface area contributed by atoms with Crippen LogP contribution in [0.1, 0.15) is 5.56 Å². The molecule has 0 fully saturated rings. The molecule has 0 unspecified atom stereocenters. The Morgan fingerprint density at radius 3 is 2.60 bits per heavy atom. The standard InChI is InChI=1S/C15H11N5/c16-9-10-5-1-3-7-12(10)18-14-11-6-2-4-8-13(11)19-15(17)20-14/h1-8H,(H3,17,18,19,20). The third-order valence-electron chi connectivity index (χ3n) is 2.92. The van der Waals surface area contributed by atoms with Crippen LogP contribution in [0.4, 0.5) is 17.5 Å².